The number of nitrogens with one attached hydrogen (secondary N) is 1. The third-order valence-corrected chi connectivity index (χ3v) is 3.23. The fourth-order valence-electron chi connectivity index (χ4n) is 2.25. The second-order valence-electron chi connectivity index (χ2n) is 4.60. The first-order valence-corrected chi connectivity index (χ1v) is 6.64. The Morgan fingerprint density at radius 3 is 2.00 bits per heavy atom. The van der Waals surface area contributed by atoms with E-state index in [1.54, 1.807) is 6.20 Å². The molecule has 0 radical (unpaired) electrons. The molecule has 0 amide bonds. The number of nitrogens with zero attached hydrogens (tertiary/aromatic N) is 1. The van der Waals surface area contributed by atoms with Gasteiger partial charge in [-0.3, -0.25) is 5.32 Å². The number of hydrogen-bond acceptors (Lipinski definition) is 3. The number of rotatable bonds is 5. The summed E-state index contributed by atoms with van der Waals surface area (Å²) in [6.07, 6.45) is 3.19. The molecule has 20 heavy (non-hydrogen) atoms. The minimum Gasteiger partial charge on any atom is -0.447 e. The molecule has 3 aromatic rings. The molecule has 2 aromatic carbocycles. The molecule has 1 heterocycles. The molecule has 0 aliphatic carbocycles. The molecule has 0 aliphatic rings. The first-order chi connectivity index (χ1) is 9.93. The number of oxazole rings is 1. The van der Waals surface area contributed by atoms with Gasteiger partial charge in [-0.05, 0) is 11.1 Å². The van der Waals surface area contributed by atoms with Crippen molar-refractivity contribution in [3.05, 3.63) is 90.1 Å². The first kappa shape index (κ1) is 12.6. The monoisotopic (exact) mass is 264 g/mol. The Kier molecular flexibility index (Phi) is 3.90. The van der Waals surface area contributed by atoms with Crippen molar-refractivity contribution in [2.45, 2.75) is 12.6 Å². The minimum atomic E-state index is 0.141. The van der Waals surface area contributed by atoms with Crippen LogP contribution >= 0.6 is 0 Å². The Morgan fingerprint density at radius 2 is 1.50 bits per heavy atom. The van der Waals surface area contributed by atoms with Crippen LogP contribution in [0.3, 0.4) is 0 Å². The van der Waals surface area contributed by atoms with Crippen molar-refractivity contribution in [3.63, 3.8) is 0 Å². The summed E-state index contributed by atoms with van der Waals surface area (Å²) < 4.78 is 5.28. The molecular formula is C17H16N2O. The van der Waals surface area contributed by atoms with Crippen LogP contribution in [0.1, 0.15) is 22.9 Å². The summed E-state index contributed by atoms with van der Waals surface area (Å²) in [5.74, 6) is 0.835. The highest BCUT2D eigenvalue weighted by Gasteiger charge is 2.13. The van der Waals surface area contributed by atoms with Gasteiger partial charge in [0, 0.05) is 0 Å². The molecule has 3 heteroatoms. The maximum atomic E-state index is 5.28. The van der Waals surface area contributed by atoms with E-state index in [0.29, 0.717) is 6.54 Å². The van der Waals surface area contributed by atoms with E-state index in [1.807, 2.05) is 12.1 Å². The maximum Gasteiger partial charge on any atom is 0.180 e. The predicted octanol–water partition coefficient (Wildman–Crippen LogP) is 3.55. The fraction of sp³-hybridized carbons (Fsp3) is 0.118. The van der Waals surface area contributed by atoms with Crippen molar-refractivity contribution < 1.29 is 4.42 Å². The highest BCUT2D eigenvalue weighted by molar-refractivity contribution is 5.31. The van der Waals surface area contributed by atoms with Crippen LogP contribution in [0.15, 0.2) is 77.7 Å². The molecule has 0 aliphatic heterocycles. The zero-order valence-corrected chi connectivity index (χ0v) is 11.1. The smallest absolute Gasteiger partial charge is 0.180 e. The highest BCUT2D eigenvalue weighted by Crippen LogP contribution is 2.22. The molecule has 0 spiro atoms. The fourth-order valence-corrected chi connectivity index (χ4v) is 2.25. The van der Waals surface area contributed by atoms with Gasteiger partial charge >= 0.3 is 0 Å². The van der Waals surface area contributed by atoms with Crippen LogP contribution in [0, 0.1) is 0 Å². The Morgan fingerprint density at radius 1 is 0.900 bits per heavy atom. The molecule has 3 rings (SSSR count). The quantitative estimate of drug-likeness (QED) is 0.765. The first-order valence-electron chi connectivity index (χ1n) is 6.64. The van der Waals surface area contributed by atoms with Crippen LogP contribution in [-0.2, 0) is 6.54 Å². The van der Waals surface area contributed by atoms with Gasteiger partial charge < -0.3 is 4.42 Å². The van der Waals surface area contributed by atoms with Crippen molar-refractivity contribution >= 4 is 0 Å². The lowest BCUT2D eigenvalue weighted by molar-refractivity contribution is 0.465. The standard InChI is InChI=1S/C17H16N2O/c1-3-7-14(8-4-1)17(15-9-5-2-6-10-15)19-12-16-11-18-13-20-16/h1-11,13,17,19H,12H2. The largest absolute Gasteiger partial charge is 0.447 e. The minimum absolute atomic E-state index is 0.141. The van der Waals surface area contributed by atoms with E-state index in [-0.39, 0.29) is 6.04 Å². The molecule has 0 bridgehead atoms. The molecular weight excluding hydrogens is 248 g/mol. The summed E-state index contributed by atoms with van der Waals surface area (Å²) >= 11 is 0. The topological polar surface area (TPSA) is 38.1 Å². The van der Waals surface area contributed by atoms with Gasteiger partial charge in [-0.2, -0.15) is 0 Å². The zero-order valence-electron chi connectivity index (χ0n) is 11.1. The Hall–Kier alpha value is -2.39. The average Bonchev–Trinajstić information content (AvgIpc) is 3.03. The molecule has 100 valence electrons. The average molecular weight is 264 g/mol. The van der Waals surface area contributed by atoms with Gasteiger partial charge in [-0.1, -0.05) is 60.7 Å². The highest BCUT2D eigenvalue weighted by atomic mass is 16.3. The van der Waals surface area contributed by atoms with Gasteiger partial charge in [0.25, 0.3) is 0 Å². The molecule has 0 atom stereocenters. The van der Waals surface area contributed by atoms with E-state index in [1.165, 1.54) is 17.5 Å². The zero-order chi connectivity index (χ0) is 13.6. The maximum absolute atomic E-state index is 5.28. The third-order valence-electron chi connectivity index (χ3n) is 3.23. The Bertz CT molecular complexity index is 581. The number of aromatic nitrogens is 1. The molecule has 0 saturated carbocycles. The Balaban J connectivity index is 1.84. The summed E-state index contributed by atoms with van der Waals surface area (Å²) in [5.41, 5.74) is 2.47. The molecule has 0 fully saturated rings. The summed E-state index contributed by atoms with van der Waals surface area (Å²) in [6, 6.07) is 20.9. The second-order valence-corrected chi connectivity index (χ2v) is 4.60. The van der Waals surface area contributed by atoms with Crippen molar-refractivity contribution in [1.82, 2.24) is 10.3 Å². The van der Waals surface area contributed by atoms with Crippen LogP contribution < -0.4 is 5.32 Å². The van der Waals surface area contributed by atoms with Gasteiger partial charge in [-0.15, -0.1) is 0 Å². The normalized spacial score (nSPS) is 10.8. The van der Waals surface area contributed by atoms with E-state index in [9.17, 15) is 0 Å². The van der Waals surface area contributed by atoms with Crippen molar-refractivity contribution in [2.24, 2.45) is 0 Å². The lowest BCUT2D eigenvalue weighted by Gasteiger charge is -2.19. The van der Waals surface area contributed by atoms with Crippen molar-refractivity contribution in [2.75, 3.05) is 0 Å². The van der Waals surface area contributed by atoms with Crippen molar-refractivity contribution in [1.29, 1.82) is 0 Å². The number of benzene rings is 2. The third kappa shape index (κ3) is 2.95. The van der Waals surface area contributed by atoms with Gasteiger partial charge in [-0.25, -0.2) is 4.98 Å². The predicted molar refractivity (Wildman–Crippen MR) is 78.1 cm³/mol. The molecule has 1 N–H and O–H groups in total. The number of hydrogen-bond donors (Lipinski definition) is 1. The van der Waals surface area contributed by atoms with Gasteiger partial charge in [0.1, 0.15) is 5.76 Å². The molecule has 0 saturated heterocycles. The lowest BCUT2D eigenvalue weighted by Crippen LogP contribution is -2.21. The summed E-state index contributed by atoms with van der Waals surface area (Å²) in [6.45, 7) is 0.647. The lowest BCUT2D eigenvalue weighted by atomic mass is 9.99. The van der Waals surface area contributed by atoms with Crippen LogP contribution in [0.2, 0.25) is 0 Å². The van der Waals surface area contributed by atoms with E-state index in [4.69, 9.17) is 4.42 Å². The van der Waals surface area contributed by atoms with E-state index < -0.39 is 0 Å². The van der Waals surface area contributed by atoms with Crippen LogP contribution in [-0.4, -0.2) is 4.98 Å². The second kappa shape index (κ2) is 6.17. The van der Waals surface area contributed by atoms with Crippen LogP contribution in [0.5, 0.6) is 0 Å². The van der Waals surface area contributed by atoms with E-state index in [2.05, 4.69) is 58.8 Å². The van der Waals surface area contributed by atoms with Crippen LogP contribution in [0.4, 0.5) is 0 Å². The van der Waals surface area contributed by atoms with Gasteiger partial charge in [0.05, 0.1) is 18.8 Å². The summed E-state index contributed by atoms with van der Waals surface area (Å²) in [4.78, 5) is 3.94. The molecule has 1 aromatic heterocycles. The van der Waals surface area contributed by atoms with Gasteiger partial charge in [0.15, 0.2) is 6.39 Å². The Labute approximate surface area is 118 Å². The SMILES string of the molecule is c1ccc(C(NCc2cnco2)c2ccccc2)cc1. The molecule has 3 nitrogen and oxygen atoms in total. The van der Waals surface area contributed by atoms with E-state index in [0.717, 1.165) is 5.76 Å². The van der Waals surface area contributed by atoms with Crippen molar-refractivity contribution in [3.8, 4) is 0 Å². The van der Waals surface area contributed by atoms with Gasteiger partial charge in [0.2, 0.25) is 0 Å². The van der Waals surface area contributed by atoms with E-state index >= 15 is 0 Å². The molecule has 0 unspecified atom stereocenters. The summed E-state index contributed by atoms with van der Waals surface area (Å²) in [5, 5.41) is 3.52. The summed E-state index contributed by atoms with van der Waals surface area (Å²) in [7, 11) is 0. The van der Waals surface area contributed by atoms with Crippen LogP contribution in [0.25, 0.3) is 0 Å².